The molecule has 5 heteroatoms. The SMILES string of the molecule is CC(C)OC(=O)C(=C[Si](C)(C)C)CC(=O)O. The normalized spacial score (nSPS) is 12.8. The third kappa shape index (κ3) is 7.22. The summed E-state index contributed by atoms with van der Waals surface area (Å²) >= 11 is 0. The molecule has 0 fully saturated rings. The molecular weight excluding hydrogens is 224 g/mol. The number of hydrogen-bond acceptors (Lipinski definition) is 3. The van der Waals surface area contributed by atoms with Gasteiger partial charge in [-0.05, 0) is 13.8 Å². The summed E-state index contributed by atoms with van der Waals surface area (Å²) in [5, 5.41) is 8.73. The summed E-state index contributed by atoms with van der Waals surface area (Å²) in [5.41, 5.74) is 2.05. The average molecular weight is 244 g/mol. The summed E-state index contributed by atoms with van der Waals surface area (Å²) in [5.74, 6) is -1.52. The van der Waals surface area contributed by atoms with Gasteiger partial charge in [0.25, 0.3) is 0 Å². The van der Waals surface area contributed by atoms with E-state index < -0.39 is 20.0 Å². The highest BCUT2D eigenvalue weighted by Crippen LogP contribution is 2.13. The number of aliphatic carboxylic acids is 1. The van der Waals surface area contributed by atoms with Crippen molar-refractivity contribution in [1.29, 1.82) is 0 Å². The van der Waals surface area contributed by atoms with Crippen molar-refractivity contribution < 1.29 is 19.4 Å². The molecule has 0 atom stereocenters. The van der Waals surface area contributed by atoms with E-state index in [1.165, 1.54) is 0 Å². The van der Waals surface area contributed by atoms with Gasteiger partial charge in [-0.3, -0.25) is 4.79 Å². The number of carbonyl (C=O) groups is 2. The first-order chi connectivity index (χ1) is 7.11. The predicted molar refractivity (Wildman–Crippen MR) is 64.9 cm³/mol. The Morgan fingerprint density at radius 1 is 1.31 bits per heavy atom. The fourth-order valence-electron chi connectivity index (χ4n) is 1.16. The molecule has 0 saturated carbocycles. The minimum Gasteiger partial charge on any atom is -0.481 e. The van der Waals surface area contributed by atoms with Crippen molar-refractivity contribution in [3.05, 3.63) is 11.3 Å². The number of esters is 1. The van der Waals surface area contributed by atoms with Gasteiger partial charge in [0.1, 0.15) is 0 Å². The van der Waals surface area contributed by atoms with Gasteiger partial charge < -0.3 is 9.84 Å². The highest BCUT2D eigenvalue weighted by Gasteiger charge is 2.20. The quantitative estimate of drug-likeness (QED) is 0.457. The van der Waals surface area contributed by atoms with Gasteiger partial charge in [0.2, 0.25) is 0 Å². The van der Waals surface area contributed by atoms with Crippen LogP contribution in [0, 0.1) is 0 Å². The summed E-state index contributed by atoms with van der Waals surface area (Å²) in [6.45, 7) is 9.60. The van der Waals surface area contributed by atoms with Crippen LogP contribution in [-0.2, 0) is 14.3 Å². The Morgan fingerprint density at radius 3 is 2.12 bits per heavy atom. The Bertz CT molecular complexity index is 300. The molecule has 0 radical (unpaired) electrons. The molecule has 0 saturated heterocycles. The summed E-state index contributed by atoms with van der Waals surface area (Å²) < 4.78 is 5.01. The number of ether oxygens (including phenoxy) is 1. The zero-order valence-corrected chi connectivity index (χ0v) is 11.5. The van der Waals surface area contributed by atoms with E-state index in [9.17, 15) is 9.59 Å². The molecule has 0 aliphatic carbocycles. The Kier molecular flexibility index (Phi) is 5.44. The summed E-state index contributed by atoms with van der Waals surface area (Å²) in [6, 6.07) is 0. The molecule has 0 spiro atoms. The van der Waals surface area contributed by atoms with E-state index in [-0.39, 0.29) is 18.1 Å². The van der Waals surface area contributed by atoms with Crippen molar-refractivity contribution >= 4 is 20.0 Å². The van der Waals surface area contributed by atoms with Crippen molar-refractivity contribution in [3.63, 3.8) is 0 Å². The monoisotopic (exact) mass is 244 g/mol. The molecule has 16 heavy (non-hydrogen) atoms. The maximum Gasteiger partial charge on any atom is 0.334 e. The van der Waals surface area contributed by atoms with Gasteiger partial charge >= 0.3 is 11.9 Å². The molecule has 0 amide bonds. The van der Waals surface area contributed by atoms with E-state index in [0.717, 1.165) is 0 Å². The van der Waals surface area contributed by atoms with Crippen LogP contribution in [0.4, 0.5) is 0 Å². The zero-order valence-electron chi connectivity index (χ0n) is 10.5. The van der Waals surface area contributed by atoms with Gasteiger partial charge in [0.15, 0.2) is 0 Å². The molecule has 0 heterocycles. The lowest BCUT2D eigenvalue weighted by atomic mass is 10.2. The van der Waals surface area contributed by atoms with E-state index in [1.807, 2.05) is 19.6 Å². The molecule has 0 aromatic heterocycles. The predicted octanol–water partition coefficient (Wildman–Crippen LogP) is 2.22. The van der Waals surface area contributed by atoms with Crippen LogP contribution in [-0.4, -0.2) is 31.2 Å². The maximum absolute atomic E-state index is 11.6. The van der Waals surface area contributed by atoms with Crippen LogP contribution >= 0.6 is 0 Å². The van der Waals surface area contributed by atoms with Crippen molar-refractivity contribution in [1.82, 2.24) is 0 Å². The van der Waals surface area contributed by atoms with Crippen molar-refractivity contribution in [3.8, 4) is 0 Å². The van der Waals surface area contributed by atoms with E-state index in [2.05, 4.69) is 0 Å². The van der Waals surface area contributed by atoms with E-state index in [0.29, 0.717) is 0 Å². The van der Waals surface area contributed by atoms with Crippen LogP contribution in [0.2, 0.25) is 19.6 Å². The minimum atomic E-state index is -1.63. The Morgan fingerprint density at radius 2 is 1.81 bits per heavy atom. The van der Waals surface area contributed by atoms with Crippen LogP contribution in [0.3, 0.4) is 0 Å². The average Bonchev–Trinajstić information content (AvgIpc) is 1.97. The summed E-state index contributed by atoms with van der Waals surface area (Å²) in [7, 11) is -1.63. The molecule has 0 rings (SSSR count). The van der Waals surface area contributed by atoms with Crippen LogP contribution in [0.5, 0.6) is 0 Å². The molecule has 0 bridgehead atoms. The Balaban J connectivity index is 4.88. The third-order valence-electron chi connectivity index (χ3n) is 1.55. The maximum atomic E-state index is 11.6. The van der Waals surface area contributed by atoms with Crippen LogP contribution in [0.15, 0.2) is 11.3 Å². The van der Waals surface area contributed by atoms with Gasteiger partial charge in [0, 0.05) is 5.57 Å². The Hall–Kier alpha value is -1.10. The topological polar surface area (TPSA) is 63.6 Å². The highest BCUT2D eigenvalue weighted by atomic mass is 28.3. The van der Waals surface area contributed by atoms with Crippen LogP contribution < -0.4 is 0 Å². The molecule has 0 aromatic carbocycles. The van der Waals surface area contributed by atoms with Gasteiger partial charge in [0.05, 0.1) is 20.6 Å². The molecular formula is C11H20O4Si. The first-order valence-electron chi connectivity index (χ1n) is 5.26. The second-order valence-corrected chi connectivity index (χ2v) is 10.1. The molecule has 0 aliphatic heterocycles. The molecule has 4 nitrogen and oxygen atoms in total. The van der Waals surface area contributed by atoms with E-state index in [1.54, 1.807) is 19.5 Å². The Labute approximate surface area is 97.3 Å². The van der Waals surface area contributed by atoms with E-state index in [4.69, 9.17) is 9.84 Å². The first-order valence-corrected chi connectivity index (χ1v) is 8.84. The number of carbonyl (C=O) groups excluding carboxylic acids is 1. The summed E-state index contributed by atoms with van der Waals surface area (Å²) in [6.07, 6.45) is -0.498. The lowest BCUT2D eigenvalue weighted by Gasteiger charge is -2.14. The number of hydrogen-bond donors (Lipinski definition) is 1. The van der Waals surface area contributed by atoms with Crippen molar-refractivity contribution in [2.24, 2.45) is 0 Å². The lowest BCUT2D eigenvalue weighted by molar-refractivity contribution is -0.145. The second kappa shape index (κ2) is 5.84. The minimum absolute atomic E-state index is 0.230. The van der Waals surface area contributed by atoms with Crippen molar-refractivity contribution in [2.45, 2.75) is 46.0 Å². The first kappa shape index (κ1) is 14.9. The highest BCUT2D eigenvalue weighted by molar-refractivity contribution is 6.81. The smallest absolute Gasteiger partial charge is 0.334 e. The summed E-state index contributed by atoms with van der Waals surface area (Å²) in [4.78, 5) is 22.3. The number of carboxylic acids is 1. The third-order valence-corrected chi connectivity index (χ3v) is 2.77. The molecule has 0 aromatic rings. The second-order valence-electron chi connectivity index (χ2n) is 5.06. The fourth-order valence-corrected chi connectivity index (χ4v) is 2.42. The number of rotatable bonds is 5. The van der Waals surface area contributed by atoms with Gasteiger partial charge in [-0.15, -0.1) is 0 Å². The van der Waals surface area contributed by atoms with Gasteiger partial charge in [-0.2, -0.15) is 0 Å². The van der Waals surface area contributed by atoms with Gasteiger partial charge in [-0.25, -0.2) is 4.79 Å². The van der Waals surface area contributed by atoms with Crippen LogP contribution in [0.25, 0.3) is 0 Å². The lowest BCUT2D eigenvalue weighted by Crippen LogP contribution is -2.22. The van der Waals surface area contributed by atoms with Gasteiger partial charge in [-0.1, -0.05) is 25.3 Å². The number of carboxylic acid groups (broad SMARTS) is 1. The fraction of sp³-hybridized carbons (Fsp3) is 0.636. The van der Waals surface area contributed by atoms with Crippen molar-refractivity contribution in [2.75, 3.05) is 0 Å². The largest absolute Gasteiger partial charge is 0.481 e. The van der Waals surface area contributed by atoms with E-state index >= 15 is 0 Å². The molecule has 0 unspecified atom stereocenters. The molecule has 92 valence electrons. The van der Waals surface area contributed by atoms with Crippen LogP contribution in [0.1, 0.15) is 20.3 Å². The standard InChI is InChI=1S/C11H20O4Si/c1-8(2)15-11(14)9(6-10(12)13)7-16(3,4)5/h7-8H,6H2,1-5H3,(H,12,13). The molecule has 0 aliphatic rings. The zero-order chi connectivity index (χ0) is 12.9. The molecule has 1 N–H and O–H groups in total.